The van der Waals surface area contributed by atoms with Crippen molar-refractivity contribution in [1.82, 2.24) is 4.72 Å². The number of ether oxygens (including phenoxy) is 1. The van der Waals surface area contributed by atoms with Gasteiger partial charge in [0, 0.05) is 16.7 Å². The number of carbonyl (C=O) groups excluding carboxylic acids is 1. The van der Waals surface area contributed by atoms with Gasteiger partial charge in [0.25, 0.3) is 5.91 Å². The molecule has 0 fully saturated rings. The monoisotopic (exact) mass is 303 g/mol. The number of sulfonamides is 1. The number of methoxy groups -OCH3 is 1. The first kappa shape index (κ1) is 15.5. The van der Waals surface area contributed by atoms with Crippen LogP contribution < -0.4 is 9.46 Å². The SMILES string of the molecule is CCS(=O)(=O)NC(=O)C=Cc1cc(Cl)ccc1OC. The van der Waals surface area contributed by atoms with Crippen molar-refractivity contribution in [3.05, 3.63) is 34.9 Å². The molecule has 1 aromatic carbocycles. The van der Waals surface area contributed by atoms with E-state index in [-0.39, 0.29) is 5.75 Å². The van der Waals surface area contributed by atoms with E-state index in [4.69, 9.17) is 16.3 Å². The maximum Gasteiger partial charge on any atom is 0.257 e. The van der Waals surface area contributed by atoms with Crippen LogP contribution >= 0.6 is 11.6 Å². The van der Waals surface area contributed by atoms with Crippen molar-refractivity contribution in [2.24, 2.45) is 0 Å². The van der Waals surface area contributed by atoms with Gasteiger partial charge in [-0.2, -0.15) is 0 Å². The molecule has 0 aliphatic rings. The van der Waals surface area contributed by atoms with Gasteiger partial charge in [0.2, 0.25) is 10.0 Å². The van der Waals surface area contributed by atoms with E-state index in [1.54, 1.807) is 18.2 Å². The first-order chi connectivity index (χ1) is 8.88. The zero-order valence-corrected chi connectivity index (χ0v) is 12.1. The normalized spacial score (nSPS) is 11.5. The Labute approximate surface area is 117 Å². The molecule has 1 rings (SSSR count). The highest BCUT2D eigenvalue weighted by atomic mass is 35.5. The Morgan fingerprint density at radius 2 is 2.16 bits per heavy atom. The second kappa shape index (κ2) is 6.58. The van der Waals surface area contributed by atoms with Crippen molar-refractivity contribution in [2.45, 2.75) is 6.92 Å². The number of amides is 1. The van der Waals surface area contributed by atoms with Crippen LogP contribution in [0.3, 0.4) is 0 Å². The molecule has 0 aliphatic carbocycles. The topological polar surface area (TPSA) is 72.5 Å². The Hall–Kier alpha value is -1.53. The molecule has 0 unspecified atom stereocenters. The van der Waals surface area contributed by atoms with E-state index in [9.17, 15) is 13.2 Å². The van der Waals surface area contributed by atoms with E-state index in [0.717, 1.165) is 6.08 Å². The lowest BCUT2D eigenvalue weighted by Gasteiger charge is -2.05. The third-order valence-corrected chi connectivity index (χ3v) is 3.75. The molecular weight excluding hydrogens is 290 g/mol. The third-order valence-electron chi connectivity index (χ3n) is 2.24. The van der Waals surface area contributed by atoms with Crippen LogP contribution in [0.15, 0.2) is 24.3 Å². The Bertz CT molecular complexity index is 596. The number of carbonyl (C=O) groups is 1. The van der Waals surface area contributed by atoms with Crippen LogP contribution in [-0.2, 0) is 14.8 Å². The Kier molecular flexibility index (Phi) is 5.38. The molecule has 0 bridgehead atoms. The van der Waals surface area contributed by atoms with Crippen LogP contribution in [-0.4, -0.2) is 27.2 Å². The Morgan fingerprint density at radius 3 is 2.74 bits per heavy atom. The van der Waals surface area contributed by atoms with Gasteiger partial charge in [0.1, 0.15) is 5.75 Å². The molecule has 7 heteroatoms. The molecule has 1 aromatic rings. The van der Waals surface area contributed by atoms with Gasteiger partial charge in [0.05, 0.1) is 12.9 Å². The van der Waals surface area contributed by atoms with Gasteiger partial charge in [0.15, 0.2) is 0 Å². The zero-order valence-electron chi connectivity index (χ0n) is 10.5. The first-order valence-corrected chi connectivity index (χ1v) is 7.47. The molecule has 19 heavy (non-hydrogen) atoms. The lowest BCUT2D eigenvalue weighted by atomic mass is 10.2. The van der Waals surface area contributed by atoms with Crippen molar-refractivity contribution in [3.63, 3.8) is 0 Å². The number of hydrogen-bond acceptors (Lipinski definition) is 4. The molecule has 0 aromatic heterocycles. The smallest absolute Gasteiger partial charge is 0.257 e. The standard InChI is InChI=1S/C12H14ClNO4S/c1-3-19(16,17)14-12(15)7-4-9-8-10(13)5-6-11(9)18-2/h4-8H,3H2,1-2H3,(H,14,15). The highest BCUT2D eigenvalue weighted by Crippen LogP contribution is 2.23. The second-order valence-corrected chi connectivity index (χ2v) is 6.04. The van der Waals surface area contributed by atoms with Crippen molar-refractivity contribution in [1.29, 1.82) is 0 Å². The van der Waals surface area contributed by atoms with Crippen molar-refractivity contribution in [2.75, 3.05) is 12.9 Å². The van der Waals surface area contributed by atoms with E-state index in [1.807, 2.05) is 4.72 Å². The van der Waals surface area contributed by atoms with Crippen molar-refractivity contribution < 1.29 is 17.9 Å². The predicted octanol–water partition coefficient (Wildman–Crippen LogP) is 1.83. The fourth-order valence-electron chi connectivity index (χ4n) is 1.26. The summed E-state index contributed by atoms with van der Waals surface area (Å²) in [6.45, 7) is 1.44. The number of benzene rings is 1. The summed E-state index contributed by atoms with van der Waals surface area (Å²) in [5.74, 6) is -0.344. The summed E-state index contributed by atoms with van der Waals surface area (Å²) in [6.07, 6.45) is 2.55. The number of rotatable bonds is 5. The largest absolute Gasteiger partial charge is 0.496 e. The Morgan fingerprint density at radius 1 is 1.47 bits per heavy atom. The van der Waals surface area contributed by atoms with Gasteiger partial charge in [-0.15, -0.1) is 0 Å². The first-order valence-electron chi connectivity index (χ1n) is 5.44. The van der Waals surface area contributed by atoms with Crippen LogP contribution in [0.1, 0.15) is 12.5 Å². The quantitative estimate of drug-likeness (QED) is 0.842. The minimum atomic E-state index is -3.56. The zero-order chi connectivity index (χ0) is 14.5. The van der Waals surface area contributed by atoms with Crippen molar-refractivity contribution >= 4 is 33.6 Å². The summed E-state index contributed by atoms with van der Waals surface area (Å²) >= 11 is 5.83. The summed E-state index contributed by atoms with van der Waals surface area (Å²) in [5.41, 5.74) is 0.582. The van der Waals surface area contributed by atoms with Gasteiger partial charge in [-0.3, -0.25) is 4.79 Å². The van der Waals surface area contributed by atoms with Crippen molar-refractivity contribution in [3.8, 4) is 5.75 Å². The third kappa shape index (κ3) is 4.92. The summed E-state index contributed by atoms with van der Waals surface area (Å²) < 4.78 is 29.4. The number of hydrogen-bond donors (Lipinski definition) is 1. The van der Waals surface area contributed by atoms with Gasteiger partial charge in [-0.05, 0) is 31.2 Å². The van der Waals surface area contributed by atoms with E-state index in [1.165, 1.54) is 20.1 Å². The minimum Gasteiger partial charge on any atom is -0.496 e. The van der Waals surface area contributed by atoms with E-state index in [0.29, 0.717) is 16.3 Å². The maximum atomic E-state index is 11.4. The highest BCUT2D eigenvalue weighted by molar-refractivity contribution is 7.90. The summed E-state index contributed by atoms with van der Waals surface area (Å²) in [6, 6.07) is 4.92. The average Bonchev–Trinajstić information content (AvgIpc) is 2.36. The lowest BCUT2D eigenvalue weighted by Crippen LogP contribution is -2.30. The van der Waals surface area contributed by atoms with Crippen LogP contribution in [0, 0.1) is 0 Å². The van der Waals surface area contributed by atoms with Crippen LogP contribution in [0.25, 0.3) is 6.08 Å². The van der Waals surface area contributed by atoms with E-state index >= 15 is 0 Å². The molecule has 5 nitrogen and oxygen atoms in total. The second-order valence-electron chi connectivity index (χ2n) is 3.59. The fourth-order valence-corrected chi connectivity index (χ4v) is 1.96. The number of nitrogens with one attached hydrogen (secondary N) is 1. The summed E-state index contributed by atoms with van der Waals surface area (Å²) in [4.78, 5) is 11.4. The van der Waals surface area contributed by atoms with Crippen LogP contribution in [0.5, 0.6) is 5.75 Å². The minimum absolute atomic E-state index is 0.160. The average molecular weight is 304 g/mol. The molecule has 0 heterocycles. The summed E-state index contributed by atoms with van der Waals surface area (Å²) in [7, 11) is -2.07. The van der Waals surface area contributed by atoms with Crippen LogP contribution in [0.4, 0.5) is 0 Å². The number of halogens is 1. The van der Waals surface area contributed by atoms with Gasteiger partial charge in [-0.1, -0.05) is 11.6 Å². The maximum absolute atomic E-state index is 11.4. The Balaban J connectivity index is 2.87. The summed E-state index contributed by atoms with van der Waals surface area (Å²) in [5, 5.41) is 0.488. The molecule has 104 valence electrons. The van der Waals surface area contributed by atoms with E-state index in [2.05, 4.69) is 0 Å². The lowest BCUT2D eigenvalue weighted by molar-refractivity contribution is -0.114. The van der Waals surface area contributed by atoms with Gasteiger partial charge in [-0.25, -0.2) is 13.1 Å². The van der Waals surface area contributed by atoms with E-state index < -0.39 is 15.9 Å². The predicted molar refractivity (Wildman–Crippen MR) is 74.6 cm³/mol. The fraction of sp³-hybridized carbons (Fsp3) is 0.250. The molecule has 0 saturated heterocycles. The van der Waals surface area contributed by atoms with Gasteiger partial charge < -0.3 is 4.74 Å². The molecule has 0 radical (unpaired) electrons. The van der Waals surface area contributed by atoms with Crippen LogP contribution in [0.2, 0.25) is 5.02 Å². The molecular formula is C12H14ClNO4S. The molecule has 0 saturated carbocycles. The molecule has 1 N–H and O–H groups in total. The molecule has 1 amide bonds. The molecule has 0 atom stereocenters. The molecule has 0 aliphatic heterocycles. The van der Waals surface area contributed by atoms with Gasteiger partial charge >= 0.3 is 0 Å². The highest BCUT2D eigenvalue weighted by Gasteiger charge is 2.09. The molecule has 0 spiro atoms.